The Balaban J connectivity index is 1.99. The van der Waals surface area contributed by atoms with Gasteiger partial charge in [-0.2, -0.15) is 0 Å². The summed E-state index contributed by atoms with van der Waals surface area (Å²) in [5, 5.41) is 5.37. The van der Waals surface area contributed by atoms with Gasteiger partial charge in [-0.05, 0) is 49.2 Å². The summed E-state index contributed by atoms with van der Waals surface area (Å²) in [6, 6.07) is 14.2. The van der Waals surface area contributed by atoms with E-state index in [-0.39, 0.29) is 19.1 Å². The maximum absolute atomic E-state index is 12.1. The van der Waals surface area contributed by atoms with Gasteiger partial charge in [0.25, 0.3) is 0 Å². The van der Waals surface area contributed by atoms with E-state index < -0.39 is 10.0 Å². The molecule has 2 aromatic carbocycles. The van der Waals surface area contributed by atoms with Crippen molar-refractivity contribution in [3.05, 3.63) is 59.7 Å². The molecule has 134 valence electrons. The Hall–Kier alpha value is -2.54. The molecule has 2 N–H and O–H groups in total. The van der Waals surface area contributed by atoms with E-state index in [1.54, 1.807) is 18.2 Å². The van der Waals surface area contributed by atoms with Crippen molar-refractivity contribution in [3.8, 4) is 0 Å². The van der Waals surface area contributed by atoms with Gasteiger partial charge in [0.05, 0.1) is 18.5 Å². The van der Waals surface area contributed by atoms with E-state index in [9.17, 15) is 13.2 Å². The van der Waals surface area contributed by atoms with Crippen LogP contribution in [0, 0.1) is 13.8 Å². The maximum Gasteiger partial charge on any atom is 0.319 e. The first-order chi connectivity index (χ1) is 11.8. The van der Waals surface area contributed by atoms with Crippen LogP contribution in [0.5, 0.6) is 0 Å². The fourth-order valence-electron chi connectivity index (χ4n) is 2.33. The summed E-state index contributed by atoms with van der Waals surface area (Å²) in [7, 11) is -3.44. The number of nitrogens with one attached hydrogen (secondary N) is 2. The van der Waals surface area contributed by atoms with E-state index in [2.05, 4.69) is 10.6 Å². The summed E-state index contributed by atoms with van der Waals surface area (Å²) >= 11 is 0. The number of anilines is 2. The Kier molecular flexibility index (Phi) is 6.03. The minimum absolute atomic E-state index is 0.156. The Bertz CT molecular complexity index is 836. The lowest BCUT2D eigenvalue weighted by Crippen LogP contribution is -2.39. The van der Waals surface area contributed by atoms with Gasteiger partial charge in [-0.25, -0.2) is 13.2 Å². The highest BCUT2D eigenvalue weighted by Crippen LogP contribution is 2.20. The molecule has 7 heteroatoms. The number of carbonyl (C=O) groups is 1. The molecule has 25 heavy (non-hydrogen) atoms. The van der Waals surface area contributed by atoms with Crippen LogP contribution in [0.15, 0.2) is 48.5 Å². The van der Waals surface area contributed by atoms with Crippen LogP contribution in [-0.2, 0) is 10.0 Å². The molecule has 0 bridgehead atoms. The zero-order valence-corrected chi connectivity index (χ0v) is 15.4. The third-order valence-electron chi connectivity index (χ3n) is 3.81. The van der Waals surface area contributed by atoms with Crippen LogP contribution in [0.4, 0.5) is 16.2 Å². The van der Waals surface area contributed by atoms with E-state index in [0.29, 0.717) is 11.4 Å². The van der Waals surface area contributed by atoms with Gasteiger partial charge in [0.1, 0.15) is 0 Å². The predicted octanol–water partition coefficient (Wildman–Crippen LogP) is 2.89. The normalized spacial score (nSPS) is 11.0. The number of urea groups is 1. The number of sulfonamides is 1. The van der Waals surface area contributed by atoms with E-state index in [4.69, 9.17) is 0 Å². The smallest absolute Gasteiger partial charge is 0.319 e. The molecular weight excluding hydrogens is 338 g/mol. The molecule has 0 heterocycles. The topological polar surface area (TPSA) is 78.5 Å². The molecular formula is C18H23N3O3S. The van der Waals surface area contributed by atoms with Gasteiger partial charge in [0.2, 0.25) is 10.0 Å². The molecule has 0 aliphatic carbocycles. The SMILES string of the molecule is Cc1ccc(N(CCNC(=O)Nc2ccccc2)S(C)(=O)=O)cc1C. The van der Waals surface area contributed by atoms with Crippen molar-refractivity contribution in [3.63, 3.8) is 0 Å². The molecule has 2 aromatic rings. The highest BCUT2D eigenvalue weighted by Gasteiger charge is 2.17. The average molecular weight is 361 g/mol. The molecule has 0 radical (unpaired) electrons. The van der Waals surface area contributed by atoms with Crippen molar-refractivity contribution in [2.45, 2.75) is 13.8 Å². The summed E-state index contributed by atoms with van der Waals surface area (Å²) in [6.45, 7) is 4.26. The zero-order valence-electron chi connectivity index (χ0n) is 14.6. The lowest BCUT2D eigenvalue weighted by molar-refractivity contribution is 0.252. The molecule has 0 aliphatic heterocycles. The molecule has 0 aromatic heterocycles. The summed E-state index contributed by atoms with van der Waals surface area (Å²) in [5.74, 6) is 0. The van der Waals surface area contributed by atoms with Crippen molar-refractivity contribution in [2.24, 2.45) is 0 Å². The second kappa shape index (κ2) is 8.02. The summed E-state index contributed by atoms with van der Waals surface area (Å²) in [6.07, 6.45) is 1.16. The van der Waals surface area contributed by atoms with Crippen molar-refractivity contribution in [1.82, 2.24) is 5.32 Å². The highest BCUT2D eigenvalue weighted by atomic mass is 32.2. The quantitative estimate of drug-likeness (QED) is 0.830. The lowest BCUT2D eigenvalue weighted by atomic mass is 10.1. The number of rotatable bonds is 6. The molecule has 2 rings (SSSR count). The number of hydrogen-bond acceptors (Lipinski definition) is 3. The molecule has 0 atom stereocenters. The minimum atomic E-state index is -3.44. The van der Waals surface area contributed by atoms with Crippen LogP contribution in [0.25, 0.3) is 0 Å². The molecule has 0 aliphatic rings. The fourth-order valence-corrected chi connectivity index (χ4v) is 3.25. The van der Waals surface area contributed by atoms with Gasteiger partial charge < -0.3 is 10.6 Å². The van der Waals surface area contributed by atoms with Crippen LogP contribution < -0.4 is 14.9 Å². The van der Waals surface area contributed by atoms with Gasteiger partial charge in [-0.3, -0.25) is 4.31 Å². The Morgan fingerprint density at radius 3 is 2.32 bits per heavy atom. The monoisotopic (exact) mass is 361 g/mol. The first kappa shape index (κ1) is 18.8. The van der Waals surface area contributed by atoms with Crippen LogP contribution >= 0.6 is 0 Å². The number of amides is 2. The van der Waals surface area contributed by atoms with E-state index in [1.165, 1.54) is 4.31 Å². The number of para-hydroxylation sites is 1. The maximum atomic E-state index is 12.1. The first-order valence-electron chi connectivity index (χ1n) is 7.92. The summed E-state index contributed by atoms with van der Waals surface area (Å²) in [5.41, 5.74) is 3.38. The average Bonchev–Trinajstić information content (AvgIpc) is 2.54. The minimum Gasteiger partial charge on any atom is -0.336 e. The Morgan fingerprint density at radius 2 is 1.72 bits per heavy atom. The van der Waals surface area contributed by atoms with E-state index in [0.717, 1.165) is 17.4 Å². The largest absolute Gasteiger partial charge is 0.336 e. The van der Waals surface area contributed by atoms with Gasteiger partial charge in [-0.1, -0.05) is 24.3 Å². The molecule has 0 spiro atoms. The number of nitrogens with zero attached hydrogens (tertiary/aromatic N) is 1. The Labute approximate surface area is 148 Å². The fraction of sp³-hybridized carbons (Fsp3) is 0.278. The molecule has 0 fully saturated rings. The lowest BCUT2D eigenvalue weighted by Gasteiger charge is -2.23. The van der Waals surface area contributed by atoms with Crippen LogP contribution in [-0.4, -0.2) is 33.8 Å². The van der Waals surface area contributed by atoms with E-state index >= 15 is 0 Å². The Morgan fingerprint density at radius 1 is 1.04 bits per heavy atom. The zero-order chi connectivity index (χ0) is 18.4. The molecule has 6 nitrogen and oxygen atoms in total. The van der Waals surface area contributed by atoms with Gasteiger partial charge >= 0.3 is 6.03 Å². The first-order valence-corrected chi connectivity index (χ1v) is 9.77. The second-order valence-corrected chi connectivity index (χ2v) is 7.76. The number of aryl methyl sites for hydroxylation is 2. The molecule has 0 unspecified atom stereocenters. The molecule has 2 amide bonds. The van der Waals surface area contributed by atoms with Crippen LogP contribution in [0.2, 0.25) is 0 Å². The van der Waals surface area contributed by atoms with E-state index in [1.807, 2.05) is 44.2 Å². The number of benzene rings is 2. The summed E-state index contributed by atoms with van der Waals surface area (Å²) in [4.78, 5) is 11.9. The van der Waals surface area contributed by atoms with Gasteiger partial charge in [-0.15, -0.1) is 0 Å². The summed E-state index contributed by atoms with van der Waals surface area (Å²) < 4.78 is 25.5. The highest BCUT2D eigenvalue weighted by molar-refractivity contribution is 7.92. The standard InChI is InChI=1S/C18H23N3O3S/c1-14-9-10-17(13-15(14)2)21(25(3,23)24)12-11-19-18(22)20-16-7-5-4-6-8-16/h4-10,13H,11-12H2,1-3H3,(H2,19,20,22). The van der Waals surface area contributed by atoms with Gasteiger partial charge in [0, 0.05) is 12.2 Å². The van der Waals surface area contributed by atoms with Crippen LogP contribution in [0.3, 0.4) is 0 Å². The second-order valence-electron chi connectivity index (χ2n) is 5.85. The van der Waals surface area contributed by atoms with Crippen molar-refractivity contribution < 1.29 is 13.2 Å². The molecule has 0 saturated carbocycles. The number of carbonyl (C=O) groups excluding carboxylic acids is 1. The van der Waals surface area contributed by atoms with Crippen molar-refractivity contribution >= 4 is 27.4 Å². The molecule has 0 saturated heterocycles. The van der Waals surface area contributed by atoms with Crippen LogP contribution in [0.1, 0.15) is 11.1 Å². The van der Waals surface area contributed by atoms with Crippen molar-refractivity contribution in [1.29, 1.82) is 0 Å². The van der Waals surface area contributed by atoms with Gasteiger partial charge in [0.15, 0.2) is 0 Å². The third-order valence-corrected chi connectivity index (χ3v) is 5.00. The number of hydrogen-bond donors (Lipinski definition) is 2. The van der Waals surface area contributed by atoms with Crippen molar-refractivity contribution in [2.75, 3.05) is 29.0 Å². The third kappa shape index (κ3) is 5.49. The predicted molar refractivity (Wildman–Crippen MR) is 102 cm³/mol.